The van der Waals surface area contributed by atoms with E-state index in [1.165, 1.54) is 0 Å². The molecule has 0 spiro atoms. The Kier molecular flexibility index (Phi) is 3.25. The summed E-state index contributed by atoms with van der Waals surface area (Å²) in [5.74, 6) is 0.758. The molecule has 1 N–H and O–H groups in total. The molecule has 0 atom stereocenters. The van der Waals surface area contributed by atoms with Gasteiger partial charge in [0, 0.05) is 26.2 Å². The lowest BCUT2D eigenvalue weighted by molar-refractivity contribution is 0.215. The predicted molar refractivity (Wildman–Crippen MR) is 74.0 cm³/mol. The van der Waals surface area contributed by atoms with Crippen LogP contribution < -0.4 is 5.32 Å². The Morgan fingerprint density at radius 3 is 2.95 bits per heavy atom. The van der Waals surface area contributed by atoms with Gasteiger partial charge in [-0.25, -0.2) is 9.78 Å². The summed E-state index contributed by atoms with van der Waals surface area (Å²) < 4.78 is 2.03. The molecule has 1 aliphatic rings. The predicted octanol–water partition coefficient (Wildman–Crippen LogP) is 1.13. The van der Waals surface area contributed by atoms with Gasteiger partial charge in [0.05, 0.1) is 23.5 Å². The number of hydrogen-bond donors (Lipinski definition) is 1. The maximum Gasteiger partial charge on any atom is 0.317 e. The molecule has 0 aliphatic carbocycles. The zero-order valence-corrected chi connectivity index (χ0v) is 11.0. The Bertz CT molecular complexity index is 684. The van der Waals surface area contributed by atoms with Gasteiger partial charge in [0.15, 0.2) is 0 Å². The largest absolute Gasteiger partial charge is 0.336 e. The number of para-hydroxylation sites is 2. The summed E-state index contributed by atoms with van der Waals surface area (Å²) in [7, 11) is 0. The first-order valence-electron chi connectivity index (χ1n) is 6.63. The van der Waals surface area contributed by atoms with Crippen LogP contribution in [-0.2, 0) is 13.0 Å². The minimum Gasteiger partial charge on any atom is -0.336 e. The number of carbonyl (C=O) groups is 1. The van der Waals surface area contributed by atoms with Crippen LogP contribution in [0.4, 0.5) is 4.79 Å². The minimum absolute atomic E-state index is 0.0174. The topological polar surface area (TPSA) is 74.0 Å². The maximum atomic E-state index is 11.5. The second-order valence-corrected chi connectivity index (χ2v) is 4.72. The van der Waals surface area contributed by atoms with Gasteiger partial charge in [0.25, 0.3) is 0 Å². The van der Waals surface area contributed by atoms with E-state index in [4.69, 9.17) is 5.26 Å². The summed E-state index contributed by atoms with van der Waals surface area (Å²) in [6.07, 6.45) is 0.279. The number of nitriles is 1. The third-order valence-corrected chi connectivity index (χ3v) is 3.51. The Hall–Kier alpha value is -2.55. The van der Waals surface area contributed by atoms with Crippen molar-refractivity contribution in [2.24, 2.45) is 0 Å². The molecule has 6 heteroatoms. The second kappa shape index (κ2) is 5.21. The van der Waals surface area contributed by atoms with E-state index >= 15 is 0 Å². The van der Waals surface area contributed by atoms with Crippen molar-refractivity contribution in [2.75, 3.05) is 19.6 Å². The molecular formula is C14H15N5O. The van der Waals surface area contributed by atoms with E-state index in [1.54, 1.807) is 4.90 Å². The molecule has 3 rings (SSSR count). The van der Waals surface area contributed by atoms with E-state index in [2.05, 4.69) is 16.4 Å². The van der Waals surface area contributed by atoms with Crippen LogP contribution in [0.5, 0.6) is 0 Å². The van der Waals surface area contributed by atoms with Crippen molar-refractivity contribution >= 4 is 17.1 Å². The summed E-state index contributed by atoms with van der Waals surface area (Å²) in [6.45, 7) is 2.73. The summed E-state index contributed by atoms with van der Waals surface area (Å²) in [5, 5.41) is 11.7. The summed E-state index contributed by atoms with van der Waals surface area (Å²) >= 11 is 0. The summed E-state index contributed by atoms with van der Waals surface area (Å²) in [5.41, 5.74) is 1.90. The fourth-order valence-corrected chi connectivity index (χ4v) is 2.53. The molecule has 0 radical (unpaired) electrons. The Morgan fingerprint density at radius 2 is 2.20 bits per heavy atom. The highest BCUT2D eigenvalue weighted by atomic mass is 16.2. The van der Waals surface area contributed by atoms with Gasteiger partial charge in [0.1, 0.15) is 5.82 Å². The molecular weight excluding hydrogens is 254 g/mol. The first-order valence-corrected chi connectivity index (χ1v) is 6.63. The number of nitrogens with zero attached hydrogens (tertiary/aromatic N) is 4. The summed E-state index contributed by atoms with van der Waals surface area (Å²) in [6, 6.07) is 9.95. The number of rotatable bonds is 4. The van der Waals surface area contributed by atoms with Gasteiger partial charge in [-0.05, 0) is 12.1 Å². The van der Waals surface area contributed by atoms with Crippen LogP contribution in [0, 0.1) is 11.3 Å². The first kappa shape index (κ1) is 12.5. The molecule has 1 aliphatic heterocycles. The number of benzene rings is 1. The van der Waals surface area contributed by atoms with Crippen molar-refractivity contribution in [3.05, 3.63) is 30.1 Å². The zero-order chi connectivity index (χ0) is 13.9. The highest BCUT2D eigenvalue weighted by Gasteiger charge is 2.19. The van der Waals surface area contributed by atoms with Crippen molar-refractivity contribution in [1.29, 1.82) is 5.26 Å². The van der Waals surface area contributed by atoms with Gasteiger partial charge >= 0.3 is 6.03 Å². The fraction of sp³-hybridized carbons (Fsp3) is 0.357. The van der Waals surface area contributed by atoms with E-state index in [-0.39, 0.29) is 12.5 Å². The molecule has 2 amide bonds. The fourth-order valence-electron chi connectivity index (χ4n) is 2.53. The van der Waals surface area contributed by atoms with Crippen molar-refractivity contribution in [2.45, 2.75) is 13.0 Å². The normalized spacial score (nSPS) is 14.6. The van der Waals surface area contributed by atoms with Crippen molar-refractivity contribution in [3.8, 4) is 6.07 Å². The van der Waals surface area contributed by atoms with Crippen molar-refractivity contribution < 1.29 is 4.79 Å². The zero-order valence-electron chi connectivity index (χ0n) is 11.0. The molecule has 2 aromatic rings. The van der Waals surface area contributed by atoms with Gasteiger partial charge in [0.2, 0.25) is 0 Å². The van der Waals surface area contributed by atoms with Gasteiger partial charge < -0.3 is 14.8 Å². The molecule has 2 heterocycles. The SMILES string of the molecule is N#CCc1nc2ccccc2n1CCN1CCNC1=O. The molecule has 1 aromatic carbocycles. The highest BCUT2D eigenvalue weighted by Crippen LogP contribution is 2.16. The molecule has 102 valence electrons. The van der Waals surface area contributed by atoms with Crippen molar-refractivity contribution in [1.82, 2.24) is 19.8 Å². The number of nitrogens with one attached hydrogen (secondary N) is 1. The van der Waals surface area contributed by atoms with E-state index < -0.39 is 0 Å². The van der Waals surface area contributed by atoms with E-state index in [0.717, 1.165) is 23.4 Å². The lowest BCUT2D eigenvalue weighted by Gasteiger charge is -2.15. The molecule has 0 unspecified atom stereocenters. The smallest absolute Gasteiger partial charge is 0.317 e. The third kappa shape index (κ3) is 2.18. The molecule has 1 aromatic heterocycles. The van der Waals surface area contributed by atoms with Crippen LogP contribution in [-0.4, -0.2) is 40.1 Å². The number of amides is 2. The van der Waals surface area contributed by atoms with Crippen LogP contribution >= 0.6 is 0 Å². The average Bonchev–Trinajstić information content (AvgIpc) is 3.01. The average molecular weight is 269 g/mol. The molecule has 6 nitrogen and oxygen atoms in total. The van der Waals surface area contributed by atoms with Crippen LogP contribution in [0.15, 0.2) is 24.3 Å². The standard InChI is InChI=1S/C14H15N5O/c15-6-5-13-17-11-3-1-2-4-12(11)19(13)10-9-18-8-7-16-14(18)20/h1-4H,5,7-10H2,(H,16,20). The lowest BCUT2D eigenvalue weighted by Crippen LogP contribution is -2.31. The van der Waals surface area contributed by atoms with Crippen molar-refractivity contribution in [3.63, 3.8) is 0 Å². The maximum absolute atomic E-state index is 11.5. The van der Waals surface area contributed by atoms with E-state index in [1.807, 2.05) is 28.8 Å². The molecule has 0 saturated carbocycles. The van der Waals surface area contributed by atoms with Crippen LogP contribution in [0.2, 0.25) is 0 Å². The van der Waals surface area contributed by atoms with Crippen LogP contribution in [0.25, 0.3) is 11.0 Å². The first-order chi connectivity index (χ1) is 9.79. The molecule has 20 heavy (non-hydrogen) atoms. The Balaban J connectivity index is 1.87. The van der Waals surface area contributed by atoms with Gasteiger partial charge in [-0.1, -0.05) is 12.1 Å². The molecule has 1 saturated heterocycles. The van der Waals surface area contributed by atoms with Gasteiger partial charge in [-0.15, -0.1) is 0 Å². The third-order valence-electron chi connectivity index (χ3n) is 3.51. The number of fused-ring (bicyclic) bond motifs is 1. The van der Waals surface area contributed by atoms with Crippen LogP contribution in [0.1, 0.15) is 5.82 Å². The van der Waals surface area contributed by atoms with Gasteiger partial charge in [-0.2, -0.15) is 5.26 Å². The number of urea groups is 1. The monoisotopic (exact) mass is 269 g/mol. The van der Waals surface area contributed by atoms with Gasteiger partial charge in [-0.3, -0.25) is 0 Å². The number of aromatic nitrogens is 2. The minimum atomic E-state index is -0.0174. The molecule has 0 bridgehead atoms. The Morgan fingerprint density at radius 1 is 1.35 bits per heavy atom. The summed E-state index contributed by atoms with van der Waals surface area (Å²) in [4.78, 5) is 17.8. The number of carbonyl (C=O) groups excluding carboxylic acids is 1. The van der Waals surface area contributed by atoms with Crippen LogP contribution in [0.3, 0.4) is 0 Å². The molecule has 1 fully saturated rings. The van der Waals surface area contributed by atoms with E-state index in [9.17, 15) is 4.79 Å². The lowest BCUT2D eigenvalue weighted by atomic mass is 10.3. The number of imidazole rings is 1. The Labute approximate surface area is 116 Å². The highest BCUT2D eigenvalue weighted by molar-refractivity contribution is 5.77. The number of hydrogen-bond acceptors (Lipinski definition) is 3. The second-order valence-electron chi connectivity index (χ2n) is 4.72. The quantitative estimate of drug-likeness (QED) is 0.904. The van der Waals surface area contributed by atoms with E-state index in [0.29, 0.717) is 19.6 Å².